The summed E-state index contributed by atoms with van der Waals surface area (Å²) in [5.41, 5.74) is -0.990. The van der Waals surface area contributed by atoms with Crippen molar-refractivity contribution in [1.82, 2.24) is 0 Å². The zero-order valence-electron chi connectivity index (χ0n) is 34.5. The van der Waals surface area contributed by atoms with Gasteiger partial charge in [-0.05, 0) is 67.3 Å². The fourth-order valence-electron chi connectivity index (χ4n) is 4.51. The minimum absolute atomic E-state index is 0.00156. The Morgan fingerprint density at radius 1 is 0.594 bits per heavy atom. The third-order valence-corrected chi connectivity index (χ3v) is 10.0. The van der Waals surface area contributed by atoms with Gasteiger partial charge in [0.1, 0.15) is 34.6 Å². The lowest BCUT2D eigenvalue weighted by Gasteiger charge is -2.17. The van der Waals surface area contributed by atoms with Crippen LogP contribution in [-0.4, -0.2) is 30.6 Å². The fourth-order valence-corrected chi connectivity index (χ4v) is 5.60. The summed E-state index contributed by atoms with van der Waals surface area (Å²) in [6, 6.07) is 5.44. The van der Waals surface area contributed by atoms with Crippen molar-refractivity contribution in [2.24, 2.45) is 0 Å². The Bertz CT molecular complexity index is 2630. The summed E-state index contributed by atoms with van der Waals surface area (Å²) < 4.78 is 198. The van der Waals surface area contributed by atoms with Gasteiger partial charge in [-0.1, -0.05) is 58.0 Å². The molecule has 3 nitrogen and oxygen atoms in total. The molecule has 1 atom stereocenters. The standard InChI is InChI=1S/C10H10ClF3O.C10H9F3O2.C8H4Cl3F3.C8H3Cl2F3.C8H2ClF3/c1-2-15-10(11)4-6-3-8(13)9(14)5-7(6)12;1-2-15-10(14)4-6-3-8(12)9(13)5-7(6)11;9-3-8(10,11)4-1-6(13)7(14)2-5(4)12;9-3-5(10)4-1-7(12)8(13)2-6(4)11;9-2-1-5-3-7(11)8(12)4-6(5)10/h3,5,10H,2,4H2,1H3;3,5H,2,4H2,1H3;1-2H,3H2;1-3H;3-4H. The number of esters is 1. The second-order valence-corrected chi connectivity index (χ2v) is 15.6. The van der Waals surface area contributed by atoms with Crippen molar-refractivity contribution in [3.05, 3.63) is 181 Å². The van der Waals surface area contributed by atoms with Crippen molar-refractivity contribution in [1.29, 1.82) is 0 Å². The summed E-state index contributed by atoms with van der Waals surface area (Å²) in [5.74, 6) is -15.7. The van der Waals surface area contributed by atoms with Crippen LogP contribution >= 0.6 is 81.2 Å². The number of carbonyl (C=O) groups excluding carboxylic acids is 1. The molecular formula is C44H28Cl7F15O3. The molecule has 0 spiro atoms. The summed E-state index contributed by atoms with van der Waals surface area (Å²) in [6.45, 7) is 3.86. The first-order chi connectivity index (χ1) is 32.2. The molecule has 5 rings (SSSR count). The maximum Gasteiger partial charge on any atom is 0.310 e. The second kappa shape index (κ2) is 30.5. The molecule has 1 unspecified atom stereocenters. The van der Waals surface area contributed by atoms with Crippen molar-refractivity contribution in [3.63, 3.8) is 0 Å². The molecule has 0 saturated heterocycles. The average Bonchev–Trinajstić information content (AvgIpc) is 3.27. The van der Waals surface area contributed by atoms with Crippen LogP contribution in [0.1, 0.15) is 41.7 Å². The van der Waals surface area contributed by atoms with E-state index in [2.05, 4.69) is 10.7 Å². The number of halogens is 22. The van der Waals surface area contributed by atoms with Gasteiger partial charge in [-0.25, -0.2) is 65.9 Å². The van der Waals surface area contributed by atoms with Gasteiger partial charge in [0.05, 0.1) is 29.5 Å². The number of benzene rings is 5. The Hall–Kier alpha value is -4.19. The largest absolute Gasteiger partial charge is 0.466 e. The Morgan fingerprint density at radius 3 is 1.49 bits per heavy atom. The molecule has 0 radical (unpaired) electrons. The molecular weight excluding hydrogens is 1110 g/mol. The van der Waals surface area contributed by atoms with E-state index in [1.807, 2.05) is 5.38 Å². The van der Waals surface area contributed by atoms with Gasteiger partial charge >= 0.3 is 5.97 Å². The molecule has 0 bridgehead atoms. The normalized spacial score (nSPS) is 11.2. The third-order valence-electron chi connectivity index (χ3n) is 7.67. The molecule has 5 aromatic carbocycles. The number of carbonyl (C=O) groups is 1. The highest BCUT2D eigenvalue weighted by atomic mass is 35.5. The van der Waals surface area contributed by atoms with Gasteiger partial charge in [-0.15, -0.1) is 11.6 Å². The van der Waals surface area contributed by atoms with E-state index < -0.39 is 110 Å². The molecule has 0 aliphatic rings. The average molecular weight is 1140 g/mol. The topological polar surface area (TPSA) is 35.5 Å². The van der Waals surface area contributed by atoms with Crippen molar-refractivity contribution in [3.8, 4) is 11.3 Å². The Balaban J connectivity index is 0.000000432. The summed E-state index contributed by atoms with van der Waals surface area (Å²) in [6.07, 6.45) is -0.407. The summed E-state index contributed by atoms with van der Waals surface area (Å²) in [5, 5.41) is 1.68. The second-order valence-electron chi connectivity index (χ2n) is 12.5. The minimum Gasteiger partial charge on any atom is -0.466 e. The number of hydrogen-bond donors (Lipinski definition) is 0. The van der Waals surface area contributed by atoms with Gasteiger partial charge in [0.25, 0.3) is 0 Å². The predicted octanol–water partition coefficient (Wildman–Crippen LogP) is 16.0. The van der Waals surface area contributed by atoms with Crippen LogP contribution < -0.4 is 0 Å². The molecule has 69 heavy (non-hydrogen) atoms. The van der Waals surface area contributed by atoms with Crippen LogP contribution in [0.2, 0.25) is 0 Å². The van der Waals surface area contributed by atoms with Crippen molar-refractivity contribution < 1.29 is 80.1 Å². The maximum atomic E-state index is 13.1. The van der Waals surface area contributed by atoms with Crippen LogP contribution in [0.25, 0.3) is 5.03 Å². The van der Waals surface area contributed by atoms with Crippen LogP contribution in [0.3, 0.4) is 0 Å². The predicted molar refractivity (Wildman–Crippen MR) is 233 cm³/mol. The zero-order valence-corrected chi connectivity index (χ0v) is 39.8. The van der Waals surface area contributed by atoms with E-state index in [1.54, 1.807) is 13.8 Å². The quantitative estimate of drug-likeness (QED) is 0.0460. The van der Waals surface area contributed by atoms with Crippen molar-refractivity contribution >= 4 is 92.2 Å². The van der Waals surface area contributed by atoms with Crippen LogP contribution in [0.4, 0.5) is 65.9 Å². The van der Waals surface area contributed by atoms with Crippen LogP contribution in [0, 0.1) is 98.6 Å². The highest BCUT2D eigenvalue weighted by Gasteiger charge is 2.30. The highest BCUT2D eigenvalue weighted by Crippen LogP contribution is 2.37. The number of rotatable bonds is 10. The molecule has 5 aromatic rings. The molecule has 0 aliphatic heterocycles. The van der Waals surface area contributed by atoms with Gasteiger partial charge in [0, 0.05) is 71.0 Å². The molecule has 0 aliphatic carbocycles. The molecule has 25 heteroatoms. The molecule has 0 amide bonds. The molecule has 376 valence electrons. The van der Waals surface area contributed by atoms with Gasteiger partial charge in [-0.3, -0.25) is 4.79 Å². The van der Waals surface area contributed by atoms with Gasteiger partial charge in [-0.2, -0.15) is 0 Å². The highest BCUT2D eigenvalue weighted by molar-refractivity contribution is 6.53. The van der Waals surface area contributed by atoms with Crippen LogP contribution in [0.15, 0.2) is 66.2 Å². The first-order valence-corrected chi connectivity index (χ1v) is 21.2. The van der Waals surface area contributed by atoms with Gasteiger partial charge in [0.15, 0.2) is 62.5 Å². The number of alkyl halides is 4. The van der Waals surface area contributed by atoms with Crippen molar-refractivity contribution in [2.75, 3.05) is 19.1 Å². The molecule has 0 saturated carbocycles. The van der Waals surface area contributed by atoms with Crippen LogP contribution in [0.5, 0.6) is 0 Å². The number of hydrogen-bond acceptors (Lipinski definition) is 3. The number of ether oxygens (including phenoxy) is 2. The summed E-state index contributed by atoms with van der Waals surface area (Å²) in [7, 11) is 0. The third kappa shape index (κ3) is 21.0. The van der Waals surface area contributed by atoms with E-state index in [1.165, 1.54) is 0 Å². The first-order valence-electron chi connectivity index (χ1n) is 18.3. The fraction of sp³-hybridized carbons (Fsp3) is 0.205. The van der Waals surface area contributed by atoms with E-state index in [0.717, 1.165) is 11.6 Å². The van der Waals surface area contributed by atoms with E-state index in [9.17, 15) is 70.7 Å². The SMILES string of the molecule is CCOC(=O)Cc1cc(F)c(F)cc1F.CCOC(Cl)Cc1cc(F)c(F)cc1F.Fc1cc(F)c(C#CCl)cc1F.Fc1cc(F)c(C(Cl)(Cl)CCl)cc1F.Fc1cc(F)c(C(Cl)=CCl)cc1F. The zero-order chi connectivity index (χ0) is 52.9. The van der Waals surface area contributed by atoms with Crippen LogP contribution in [-0.2, 0) is 31.4 Å². The monoisotopic (exact) mass is 1130 g/mol. The molecule has 0 heterocycles. The van der Waals surface area contributed by atoms with Gasteiger partial charge in [0.2, 0.25) is 0 Å². The molecule has 0 aromatic heterocycles. The minimum atomic E-state index is -1.76. The van der Waals surface area contributed by atoms with E-state index in [4.69, 9.17) is 85.9 Å². The Labute approximate surface area is 418 Å². The first kappa shape index (κ1) is 62.8. The van der Waals surface area contributed by atoms with Crippen molar-refractivity contribution in [2.45, 2.75) is 36.6 Å². The lowest BCUT2D eigenvalue weighted by atomic mass is 10.1. The summed E-state index contributed by atoms with van der Waals surface area (Å²) >= 11 is 37.7. The molecule has 0 N–H and O–H groups in total. The summed E-state index contributed by atoms with van der Waals surface area (Å²) in [4.78, 5) is 11.0. The van der Waals surface area contributed by atoms with Gasteiger partial charge < -0.3 is 9.47 Å². The smallest absolute Gasteiger partial charge is 0.310 e. The van der Waals surface area contributed by atoms with E-state index in [0.29, 0.717) is 61.2 Å². The lowest BCUT2D eigenvalue weighted by molar-refractivity contribution is -0.142. The molecule has 0 fully saturated rings. The van der Waals surface area contributed by atoms with E-state index in [-0.39, 0.29) is 51.8 Å². The Morgan fingerprint density at radius 2 is 1.01 bits per heavy atom. The van der Waals surface area contributed by atoms with E-state index >= 15 is 0 Å². The maximum absolute atomic E-state index is 13.1. The lowest BCUT2D eigenvalue weighted by Crippen LogP contribution is -2.15. The Kier molecular flexibility index (Phi) is 27.8.